The predicted octanol–water partition coefficient (Wildman–Crippen LogP) is 3.27. The first-order chi connectivity index (χ1) is 14.7. The van der Waals surface area contributed by atoms with Crippen molar-refractivity contribution >= 4 is 0 Å². The largest absolute Gasteiger partial charge is 0.507 e. The molecule has 0 radical (unpaired) electrons. The number of hydrogen-bond donors (Lipinski definition) is 2. The molecule has 0 saturated heterocycles. The zero-order valence-corrected chi connectivity index (χ0v) is 18.5. The third-order valence-electron chi connectivity index (χ3n) is 5.78. The molecule has 0 amide bonds. The summed E-state index contributed by atoms with van der Waals surface area (Å²) in [6.45, 7) is 8.04. The Balaban J connectivity index is 2.44. The molecule has 164 valence electrons. The molecule has 2 heterocycles. The molecule has 0 bridgehead atoms. The first-order valence-electron chi connectivity index (χ1n) is 10.3. The average Bonchev–Trinajstić information content (AvgIpc) is 2.72. The summed E-state index contributed by atoms with van der Waals surface area (Å²) in [4.78, 5) is 25.8. The molecular formula is C24H28N2O5. The van der Waals surface area contributed by atoms with Crippen molar-refractivity contribution in [3.63, 3.8) is 0 Å². The van der Waals surface area contributed by atoms with Crippen LogP contribution in [0, 0.1) is 13.8 Å². The van der Waals surface area contributed by atoms with Gasteiger partial charge in [-0.1, -0.05) is 12.1 Å². The number of aromatic nitrogens is 2. The topological polar surface area (TPSA) is 93.7 Å². The van der Waals surface area contributed by atoms with E-state index in [-0.39, 0.29) is 28.2 Å². The number of ether oxygens (including phenoxy) is 1. The minimum atomic E-state index is -0.782. The maximum atomic E-state index is 13.4. The third-order valence-corrected chi connectivity index (χ3v) is 5.78. The minimum Gasteiger partial charge on any atom is -0.507 e. The smallest absolute Gasteiger partial charge is 0.258 e. The second kappa shape index (κ2) is 8.71. The molecule has 0 saturated carbocycles. The number of nitrogens with zero attached hydrogens (tertiary/aromatic N) is 2. The number of hydrogen-bond acceptors (Lipinski definition) is 5. The first-order valence-corrected chi connectivity index (χ1v) is 10.3. The van der Waals surface area contributed by atoms with E-state index in [1.165, 1.54) is 4.57 Å². The molecule has 0 aliphatic carbocycles. The number of aryl methyl sites for hydroxylation is 1. The summed E-state index contributed by atoms with van der Waals surface area (Å²) in [6.07, 6.45) is 0. The van der Waals surface area contributed by atoms with E-state index >= 15 is 0 Å². The van der Waals surface area contributed by atoms with Gasteiger partial charge in [-0.15, -0.1) is 0 Å². The van der Waals surface area contributed by atoms with E-state index in [2.05, 4.69) is 0 Å². The normalized spacial score (nSPS) is 12.0. The lowest BCUT2D eigenvalue weighted by atomic mass is 9.83. The van der Waals surface area contributed by atoms with E-state index in [4.69, 9.17) is 4.74 Å². The standard InChI is InChI=1S/C24H28N2O5/c1-6-25-14(3)12-18(27)23(24(25)30)22(16-8-10-17(31-5)11-9-16)21-15(4)26(7-2)20(29)13-19(21)28/h8-13,22,27-28H,6-7H2,1-5H3. The van der Waals surface area contributed by atoms with Gasteiger partial charge in [-0.05, 0) is 51.5 Å². The molecule has 0 spiro atoms. The molecule has 0 fully saturated rings. The Morgan fingerprint density at radius 1 is 0.903 bits per heavy atom. The molecular weight excluding hydrogens is 396 g/mol. The fourth-order valence-electron chi connectivity index (χ4n) is 4.23. The van der Waals surface area contributed by atoms with Gasteiger partial charge in [-0.25, -0.2) is 0 Å². The van der Waals surface area contributed by atoms with Crippen LogP contribution in [0.1, 0.15) is 47.8 Å². The van der Waals surface area contributed by atoms with Crippen LogP contribution >= 0.6 is 0 Å². The minimum absolute atomic E-state index is 0.150. The summed E-state index contributed by atoms with van der Waals surface area (Å²) in [5.41, 5.74) is 1.75. The van der Waals surface area contributed by atoms with Gasteiger partial charge in [0.15, 0.2) is 0 Å². The van der Waals surface area contributed by atoms with Crippen LogP contribution < -0.4 is 15.9 Å². The van der Waals surface area contributed by atoms with Gasteiger partial charge in [0.05, 0.1) is 12.7 Å². The highest BCUT2D eigenvalue weighted by atomic mass is 16.5. The predicted molar refractivity (Wildman–Crippen MR) is 119 cm³/mol. The number of pyridine rings is 2. The second-order valence-corrected chi connectivity index (χ2v) is 7.45. The Morgan fingerprint density at radius 3 is 2.03 bits per heavy atom. The summed E-state index contributed by atoms with van der Waals surface area (Å²) < 4.78 is 8.36. The van der Waals surface area contributed by atoms with Crippen molar-refractivity contribution in [1.82, 2.24) is 9.13 Å². The van der Waals surface area contributed by atoms with Gasteiger partial charge in [0.1, 0.15) is 17.2 Å². The number of rotatable bonds is 6. The molecule has 1 atom stereocenters. The summed E-state index contributed by atoms with van der Waals surface area (Å²) in [6, 6.07) is 9.81. The second-order valence-electron chi connectivity index (χ2n) is 7.45. The summed E-state index contributed by atoms with van der Waals surface area (Å²) in [7, 11) is 1.56. The van der Waals surface area contributed by atoms with Crippen molar-refractivity contribution in [3.05, 3.63) is 85.2 Å². The van der Waals surface area contributed by atoms with Gasteiger partial charge in [-0.2, -0.15) is 0 Å². The van der Waals surface area contributed by atoms with E-state index in [1.54, 1.807) is 55.9 Å². The van der Waals surface area contributed by atoms with Crippen molar-refractivity contribution < 1.29 is 14.9 Å². The Morgan fingerprint density at radius 2 is 1.48 bits per heavy atom. The highest BCUT2D eigenvalue weighted by Gasteiger charge is 2.30. The average molecular weight is 424 g/mol. The van der Waals surface area contributed by atoms with Crippen molar-refractivity contribution in [2.75, 3.05) is 7.11 Å². The van der Waals surface area contributed by atoms with E-state index in [0.29, 0.717) is 41.4 Å². The summed E-state index contributed by atoms with van der Waals surface area (Å²) in [5.74, 6) is -0.507. The van der Waals surface area contributed by atoms with Crippen LogP contribution in [0.4, 0.5) is 0 Å². The van der Waals surface area contributed by atoms with Gasteiger partial charge in [0.25, 0.3) is 11.1 Å². The van der Waals surface area contributed by atoms with Crippen molar-refractivity contribution in [3.8, 4) is 17.2 Å². The Hall–Kier alpha value is -3.48. The monoisotopic (exact) mass is 424 g/mol. The Kier molecular flexibility index (Phi) is 6.24. The number of benzene rings is 1. The molecule has 31 heavy (non-hydrogen) atoms. The molecule has 0 aliphatic rings. The summed E-state index contributed by atoms with van der Waals surface area (Å²) in [5, 5.41) is 21.7. The van der Waals surface area contributed by atoms with Crippen molar-refractivity contribution in [2.24, 2.45) is 0 Å². The molecule has 2 N–H and O–H groups in total. The van der Waals surface area contributed by atoms with Gasteiger partial charge in [0, 0.05) is 42.0 Å². The van der Waals surface area contributed by atoms with Crippen molar-refractivity contribution in [1.29, 1.82) is 0 Å². The fraction of sp³-hybridized carbons (Fsp3) is 0.333. The molecule has 3 aromatic rings. The SMILES string of the molecule is CCn1c(C)c(C(c2ccc(OC)cc2)c2c(O)cc(C)n(CC)c2=O)c(O)cc1=O. The van der Waals surface area contributed by atoms with E-state index in [9.17, 15) is 19.8 Å². The van der Waals surface area contributed by atoms with Gasteiger partial charge in [-0.3, -0.25) is 9.59 Å². The zero-order chi connectivity index (χ0) is 22.9. The molecule has 1 unspecified atom stereocenters. The van der Waals surface area contributed by atoms with Gasteiger partial charge in [0.2, 0.25) is 0 Å². The first kappa shape index (κ1) is 22.2. The Labute approximate surface area is 180 Å². The Bertz CT molecular complexity index is 1220. The van der Waals surface area contributed by atoms with Crippen LogP contribution in [-0.2, 0) is 13.1 Å². The maximum absolute atomic E-state index is 13.4. The van der Waals surface area contributed by atoms with Crippen LogP contribution in [-0.4, -0.2) is 26.5 Å². The molecule has 0 aliphatic heterocycles. The molecule has 2 aromatic heterocycles. The van der Waals surface area contributed by atoms with Crippen LogP contribution in [0.3, 0.4) is 0 Å². The zero-order valence-electron chi connectivity index (χ0n) is 18.5. The van der Waals surface area contributed by atoms with Gasteiger partial charge < -0.3 is 24.1 Å². The van der Waals surface area contributed by atoms with Crippen LogP contribution in [0.15, 0.2) is 46.0 Å². The van der Waals surface area contributed by atoms with E-state index in [1.807, 2.05) is 13.8 Å². The molecule has 3 rings (SSSR count). The lowest BCUT2D eigenvalue weighted by Gasteiger charge is -2.25. The highest BCUT2D eigenvalue weighted by Crippen LogP contribution is 2.40. The highest BCUT2D eigenvalue weighted by molar-refractivity contribution is 5.54. The molecule has 7 nitrogen and oxygen atoms in total. The molecule has 1 aromatic carbocycles. The molecule has 7 heteroatoms. The third kappa shape index (κ3) is 3.83. The van der Waals surface area contributed by atoms with Crippen LogP contribution in [0.25, 0.3) is 0 Å². The van der Waals surface area contributed by atoms with Gasteiger partial charge >= 0.3 is 0 Å². The maximum Gasteiger partial charge on any atom is 0.258 e. The lowest BCUT2D eigenvalue weighted by Crippen LogP contribution is -2.29. The quantitative estimate of drug-likeness (QED) is 0.634. The van der Waals surface area contributed by atoms with E-state index in [0.717, 1.165) is 6.07 Å². The van der Waals surface area contributed by atoms with Crippen LogP contribution in [0.5, 0.6) is 17.2 Å². The summed E-state index contributed by atoms with van der Waals surface area (Å²) >= 11 is 0. The van der Waals surface area contributed by atoms with Crippen LogP contribution in [0.2, 0.25) is 0 Å². The van der Waals surface area contributed by atoms with E-state index < -0.39 is 5.92 Å². The van der Waals surface area contributed by atoms with Crippen molar-refractivity contribution in [2.45, 2.75) is 46.7 Å². The number of methoxy groups -OCH3 is 1. The lowest BCUT2D eigenvalue weighted by molar-refractivity contribution is 0.414. The fourth-order valence-corrected chi connectivity index (χ4v) is 4.23. The number of aromatic hydroxyl groups is 2.